The predicted octanol–water partition coefficient (Wildman–Crippen LogP) is 2.89. The standard InChI is InChI=1S/C20H19NO6/c1-3-25-16-10-9-13(11-17(16)26-4-2)20(24)27-12-21-18(22)14-7-5-6-8-15(14)19(21)23/h5-11H,3-4,12H2,1-2H3. The number of benzene rings is 2. The van der Waals surface area contributed by atoms with Crippen molar-refractivity contribution in [2.24, 2.45) is 0 Å². The summed E-state index contributed by atoms with van der Waals surface area (Å²) in [4.78, 5) is 37.8. The largest absolute Gasteiger partial charge is 0.490 e. The summed E-state index contributed by atoms with van der Waals surface area (Å²) in [5, 5.41) is 0. The fourth-order valence-corrected chi connectivity index (χ4v) is 2.74. The zero-order valence-corrected chi connectivity index (χ0v) is 15.1. The summed E-state index contributed by atoms with van der Waals surface area (Å²) in [5.74, 6) is -0.684. The van der Waals surface area contributed by atoms with Gasteiger partial charge in [-0.3, -0.25) is 9.59 Å². The van der Waals surface area contributed by atoms with Gasteiger partial charge in [-0.25, -0.2) is 9.69 Å². The first-order chi connectivity index (χ1) is 13.1. The minimum atomic E-state index is -0.671. The lowest BCUT2D eigenvalue weighted by Crippen LogP contribution is -2.33. The average Bonchev–Trinajstić information content (AvgIpc) is 2.92. The summed E-state index contributed by atoms with van der Waals surface area (Å²) in [6, 6.07) is 11.2. The van der Waals surface area contributed by atoms with Crippen molar-refractivity contribution < 1.29 is 28.6 Å². The molecule has 0 atom stereocenters. The Balaban J connectivity index is 1.70. The van der Waals surface area contributed by atoms with Gasteiger partial charge in [0.2, 0.25) is 0 Å². The molecule has 1 aliphatic heterocycles. The van der Waals surface area contributed by atoms with E-state index in [1.165, 1.54) is 12.1 Å². The molecule has 0 saturated heterocycles. The van der Waals surface area contributed by atoms with Gasteiger partial charge < -0.3 is 14.2 Å². The Kier molecular flexibility index (Phi) is 5.40. The van der Waals surface area contributed by atoms with Gasteiger partial charge >= 0.3 is 5.97 Å². The third kappa shape index (κ3) is 3.62. The molecule has 0 saturated carbocycles. The maximum Gasteiger partial charge on any atom is 0.340 e. The van der Waals surface area contributed by atoms with E-state index < -0.39 is 24.5 Å². The molecule has 2 aromatic carbocycles. The number of hydrogen-bond donors (Lipinski definition) is 0. The van der Waals surface area contributed by atoms with Gasteiger partial charge in [-0.2, -0.15) is 0 Å². The summed E-state index contributed by atoms with van der Waals surface area (Å²) in [5.41, 5.74) is 0.843. The third-order valence-electron chi connectivity index (χ3n) is 3.98. The van der Waals surface area contributed by atoms with Crippen molar-refractivity contribution in [1.29, 1.82) is 0 Å². The molecule has 1 heterocycles. The Bertz CT molecular complexity index is 857. The van der Waals surface area contributed by atoms with Crippen molar-refractivity contribution in [2.45, 2.75) is 13.8 Å². The summed E-state index contributed by atoms with van der Waals surface area (Å²) in [6.07, 6.45) is 0. The third-order valence-corrected chi connectivity index (χ3v) is 3.98. The van der Waals surface area contributed by atoms with Gasteiger partial charge in [0.1, 0.15) is 0 Å². The zero-order chi connectivity index (χ0) is 19.4. The Labute approximate surface area is 156 Å². The van der Waals surface area contributed by atoms with E-state index in [-0.39, 0.29) is 5.56 Å². The average molecular weight is 369 g/mol. The molecular formula is C20H19NO6. The number of fused-ring (bicyclic) bond motifs is 1. The Hall–Kier alpha value is -3.35. The monoisotopic (exact) mass is 369 g/mol. The van der Waals surface area contributed by atoms with Crippen LogP contribution in [0.3, 0.4) is 0 Å². The predicted molar refractivity (Wildman–Crippen MR) is 96.0 cm³/mol. The second-order valence-electron chi connectivity index (χ2n) is 5.67. The van der Waals surface area contributed by atoms with Crippen molar-refractivity contribution in [3.8, 4) is 11.5 Å². The van der Waals surface area contributed by atoms with E-state index in [4.69, 9.17) is 14.2 Å². The normalized spacial score (nSPS) is 12.7. The van der Waals surface area contributed by atoms with E-state index in [1.54, 1.807) is 30.3 Å². The number of rotatable bonds is 7. The highest BCUT2D eigenvalue weighted by Crippen LogP contribution is 2.29. The van der Waals surface area contributed by atoms with Gasteiger partial charge in [0.05, 0.1) is 29.9 Å². The first-order valence-corrected chi connectivity index (χ1v) is 8.58. The number of carbonyl (C=O) groups is 3. The van der Waals surface area contributed by atoms with Crippen molar-refractivity contribution in [1.82, 2.24) is 4.90 Å². The first kappa shape index (κ1) is 18.4. The van der Waals surface area contributed by atoms with Crippen LogP contribution in [0.2, 0.25) is 0 Å². The molecule has 0 aromatic heterocycles. The van der Waals surface area contributed by atoms with E-state index in [2.05, 4.69) is 0 Å². The topological polar surface area (TPSA) is 82.1 Å². The highest BCUT2D eigenvalue weighted by molar-refractivity contribution is 6.21. The van der Waals surface area contributed by atoms with Crippen molar-refractivity contribution >= 4 is 17.8 Å². The molecular weight excluding hydrogens is 350 g/mol. The number of amides is 2. The molecule has 0 spiro atoms. The highest BCUT2D eigenvalue weighted by Gasteiger charge is 2.35. The van der Waals surface area contributed by atoms with E-state index >= 15 is 0 Å². The summed E-state index contributed by atoms with van der Waals surface area (Å²) in [7, 11) is 0. The van der Waals surface area contributed by atoms with E-state index in [0.29, 0.717) is 35.8 Å². The van der Waals surface area contributed by atoms with Gasteiger partial charge in [0.25, 0.3) is 11.8 Å². The molecule has 0 aliphatic carbocycles. The van der Waals surface area contributed by atoms with Gasteiger partial charge in [-0.1, -0.05) is 12.1 Å². The van der Waals surface area contributed by atoms with Crippen LogP contribution in [-0.2, 0) is 4.74 Å². The number of carbonyl (C=O) groups excluding carboxylic acids is 3. The molecule has 1 aliphatic rings. The maximum atomic E-state index is 12.3. The molecule has 0 unspecified atom stereocenters. The van der Waals surface area contributed by atoms with Crippen LogP contribution in [0.25, 0.3) is 0 Å². The summed E-state index contributed by atoms with van der Waals surface area (Å²) < 4.78 is 16.1. The molecule has 0 bridgehead atoms. The Morgan fingerprint density at radius 2 is 1.48 bits per heavy atom. The lowest BCUT2D eigenvalue weighted by molar-refractivity contribution is 0.0227. The minimum Gasteiger partial charge on any atom is -0.490 e. The quantitative estimate of drug-likeness (QED) is 0.551. The smallest absolute Gasteiger partial charge is 0.340 e. The minimum absolute atomic E-state index is 0.235. The molecule has 2 aromatic rings. The number of imide groups is 1. The fraction of sp³-hybridized carbons (Fsp3) is 0.250. The van der Waals surface area contributed by atoms with Crippen LogP contribution in [0.1, 0.15) is 44.9 Å². The maximum absolute atomic E-state index is 12.3. The Morgan fingerprint density at radius 3 is 2.07 bits per heavy atom. The lowest BCUT2D eigenvalue weighted by atomic mass is 10.1. The molecule has 7 heteroatoms. The van der Waals surface area contributed by atoms with E-state index in [0.717, 1.165) is 4.90 Å². The number of nitrogens with zero attached hydrogens (tertiary/aromatic N) is 1. The molecule has 27 heavy (non-hydrogen) atoms. The number of esters is 1. The van der Waals surface area contributed by atoms with Crippen LogP contribution in [0, 0.1) is 0 Å². The van der Waals surface area contributed by atoms with Crippen LogP contribution in [0.4, 0.5) is 0 Å². The molecule has 2 amide bonds. The molecule has 3 rings (SSSR count). The second kappa shape index (κ2) is 7.90. The van der Waals surface area contributed by atoms with Gasteiger partial charge in [0, 0.05) is 0 Å². The SMILES string of the molecule is CCOc1ccc(C(=O)OCN2C(=O)c3ccccc3C2=O)cc1OCC. The summed E-state index contributed by atoms with van der Waals surface area (Å²) in [6.45, 7) is 4.09. The molecule has 0 fully saturated rings. The van der Waals surface area contributed by atoms with Gasteiger partial charge in [-0.05, 0) is 44.2 Å². The number of ether oxygens (including phenoxy) is 3. The molecule has 140 valence electrons. The van der Waals surface area contributed by atoms with E-state index in [1.807, 2.05) is 13.8 Å². The van der Waals surface area contributed by atoms with Gasteiger partial charge in [0.15, 0.2) is 18.2 Å². The highest BCUT2D eigenvalue weighted by atomic mass is 16.5. The van der Waals surface area contributed by atoms with Crippen molar-refractivity contribution in [3.63, 3.8) is 0 Å². The van der Waals surface area contributed by atoms with Gasteiger partial charge in [-0.15, -0.1) is 0 Å². The van der Waals surface area contributed by atoms with Crippen molar-refractivity contribution in [2.75, 3.05) is 19.9 Å². The van der Waals surface area contributed by atoms with Crippen LogP contribution < -0.4 is 9.47 Å². The summed E-state index contributed by atoms with van der Waals surface area (Å²) >= 11 is 0. The number of hydrogen-bond acceptors (Lipinski definition) is 6. The molecule has 0 radical (unpaired) electrons. The Morgan fingerprint density at radius 1 is 0.889 bits per heavy atom. The fourth-order valence-electron chi connectivity index (χ4n) is 2.74. The van der Waals surface area contributed by atoms with Crippen molar-refractivity contribution in [3.05, 3.63) is 59.2 Å². The lowest BCUT2D eigenvalue weighted by Gasteiger charge is -2.15. The van der Waals surface area contributed by atoms with Crippen LogP contribution in [-0.4, -0.2) is 42.6 Å². The molecule has 0 N–H and O–H groups in total. The molecule has 7 nitrogen and oxygen atoms in total. The van der Waals surface area contributed by atoms with Crippen LogP contribution in [0.15, 0.2) is 42.5 Å². The zero-order valence-electron chi connectivity index (χ0n) is 15.1. The van der Waals surface area contributed by atoms with Crippen LogP contribution in [0.5, 0.6) is 11.5 Å². The van der Waals surface area contributed by atoms with E-state index in [9.17, 15) is 14.4 Å². The van der Waals surface area contributed by atoms with Crippen LogP contribution >= 0.6 is 0 Å². The second-order valence-corrected chi connectivity index (χ2v) is 5.67. The first-order valence-electron chi connectivity index (χ1n) is 8.58.